The van der Waals surface area contributed by atoms with Crippen molar-refractivity contribution in [3.05, 3.63) is 64.9 Å². The Morgan fingerprint density at radius 1 is 1.22 bits per heavy atom. The highest BCUT2D eigenvalue weighted by Crippen LogP contribution is 2.41. The number of benzene rings is 1. The minimum Gasteiger partial charge on any atom is -0.490 e. The number of aryl methyl sites for hydroxylation is 1. The van der Waals surface area contributed by atoms with Gasteiger partial charge < -0.3 is 25.2 Å². The highest BCUT2D eigenvalue weighted by molar-refractivity contribution is 6.05. The molecule has 4 rings (SSSR count). The third-order valence-corrected chi connectivity index (χ3v) is 5.75. The highest BCUT2D eigenvalue weighted by Gasteiger charge is 2.33. The van der Waals surface area contributed by atoms with Gasteiger partial charge in [0.1, 0.15) is 29.7 Å². The Kier molecular flexibility index (Phi) is 7.13. The van der Waals surface area contributed by atoms with Crippen LogP contribution in [-0.2, 0) is 9.53 Å². The van der Waals surface area contributed by atoms with E-state index in [1.165, 1.54) is 12.1 Å². The summed E-state index contributed by atoms with van der Waals surface area (Å²) in [6.07, 6.45) is -0.337. The zero-order chi connectivity index (χ0) is 26.9. The van der Waals surface area contributed by atoms with Gasteiger partial charge in [0.2, 0.25) is 0 Å². The minimum atomic E-state index is -1.34. The van der Waals surface area contributed by atoms with E-state index < -0.39 is 29.4 Å². The van der Waals surface area contributed by atoms with Crippen LogP contribution in [0, 0.1) is 19.7 Å². The fourth-order valence-corrected chi connectivity index (χ4v) is 4.23. The van der Waals surface area contributed by atoms with Crippen molar-refractivity contribution in [3.8, 4) is 16.9 Å². The molecule has 1 amide bonds. The van der Waals surface area contributed by atoms with Crippen LogP contribution in [0.1, 0.15) is 54.2 Å². The van der Waals surface area contributed by atoms with E-state index in [4.69, 9.17) is 9.47 Å². The minimum absolute atomic E-state index is 0.0872. The number of hydrogen-bond donors (Lipinski definition) is 3. The van der Waals surface area contributed by atoms with Crippen LogP contribution in [0.25, 0.3) is 11.1 Å². The van der Waals surface area contributed by atoms with Gasteiger partial charge in [0, 0.05) is 17.8 Å². The first-order valence-electron chi connectivity index (χ1n) is 11.8. The lowest BCUT2D eigenvalue weighted by atomic mass is 9.89. The van der Waals surface area contributed by atoms with E-state index in [1.54, 1.807) is 40.7 Å². The molecule has 194 valence electrons. The molecule has 9 nitrogen and oxygen atoms in total. The summed E-state index contributed by atoms with van der Waals surface area (Å²) in [5.41, 5.74) is 2.42. The summed E-state index contributed by atoms with van der Waals surface area (Å²) in [6, 6.07) is 8.01. The molecule has 0 saturated heterocycles. The Bertz CT molecular complexity index is 1350. The smallest absolute Gasteiger partial charge is 0.337 e. The Hall–Kier alpha value is -4.05. The second-order valence-electron chi connectivity index (χ2n) is 9.71. The maximum atomic E-state index is 13.3. The number of aliphatic carboxylic acids is 1. The summed E-state index contributed by atoms with van der Waals surface area (Å²) >= 11 is 0. The number of aromatic nitrogens is 2. The van der Waals surface area contributed by atoms with Crippen molar-refractivity contribution in [2.75, 3.05) is 23.8 Å². The number of hydrogen-bond acceptors (Lipinski definition) is 7. The van der Waals surface area contributed by atoms with Crippen LogP contribution in [0.15, 0.2) is 36.5 Å². The standard InChI is InChI=1S/C27H29FN4O5/c1-14-21(16-6-8-19-18(12-16)29-10-11-36-19)22(24(26(34)35)37-27(3,4)5)15(2)31-23(14)25(33)32-20-9-7-17(28)13-30-20/h6-9,12-13,24,29H,10-11H2,1-5H3,(H,34,35)(H,30,32,33)/t24-/m0/s1. The number of carbonyl (C=O) groups excluding carboxylic acids is 1. The summed E-state index contributed by atoms with van der Waals surface area (Å²) in [6.45, 7) is 9.83. The van der Waals surface area contributed by atoms with E-state index in [9.17, 15) is 19.1 Å². The molecule has 2 aromatic heterocycles. The van der Waals surface area contributed by atoms with Crippen molar-refractivity contribution >= 4 is 23.4 Å². The van der Waals surface area contributed by atoms with Gasteiger partial charge in [0.05, 0.1) is 17.5 Å². The lowest BCUT2D eigenvalue weighted by Crippen LogP contribution is -2.29. The van der Waals surface area contributed by atoms with E-state index in [2.05, 4.69) is 20.6 Å². The fourth-order valence-electron chi connectivity index (χ4n) is 4.23. The van der Waals surface area contributed by atoms with Gasteiger partial charge in [0.15, 0.2) is 6.10 Å². The lowest BCUT2D eigenvalue weighted by Gasteiger charge is -2.29. The number of carboxylic acid groups (broad SMARTS) is 1. The van der Waals surface area contributed by atoms with Crippen LogP contribution in [0.2, 0.25) is 0 Å². The lowest BCUT2D eigenvalue weighted by molar-refractivity contribution is -0.160. The monoisotopic (exact) mass is 508 g/mol. The Balaban J connectivity index is 1.90. The summed E-state index contributed by atoms with van der Waals surface area (Å²) in [4.78, 5) is 34.1. The maximum absolute atomic E-state index is 13.3. The van der Waals surface area contributed by atoms with Crippen molar-refractivity contribution in [1.82, 2.24) is 9.97 Å². The van der Waals surface area contributed by atoms with E-state index in [1.807, 2.05) is 12.1 Å². The van der Waals surface area contributed by atoms with E-state index in [0.29, 0.717) is 46.8 Å². The Morgan fingerprint density at radius 2 is 1.97 bits per heavy atom. The van der Waals surface area contributed by atoms with Crippen molar-refractivity contribution in [3.63, 3.8) is 0 Å². The SMILES string of the molecule is Cc1nc(C(=O)Nc2ccc(F)cn2)c(C)c(-c2ccc3c(c2)NCCO3)c1[C@H](OC(C)(C)C)C(=O)O. The van der Waals surface area contributed by atoms with Crippen molar-refractivity contribution < 1.29 is 28.6 Å². The second kappa shape index (κ2) is 10.1. The largest absolute Gasteiger partial charge is 0.490 e. The van der Waals surface area contributed by atoms with Crippen molar-refractivity contribution in [1.29, 1.82) is 0 Å². The maximum Gasteiger partial charge on any atom is 0.337 e. The van der Waals surface area contributed by atoms with Crippen LogP contribution >= 0.6 is 0 Å². The van der Waals surface area contributed by atoms with Crippen LogP contribution in [-0.4, -0.2) is 45.7 Å². The zero-order valence-electron chi connectivity index (χ0n) is 21.3. The molecule has 0 saturated carbocycles. The molecule has 37 heavy (non-hydrogen) atoms. The van der Waals surface area contributed by atoms with Crippen LogP contribution < -0.4 is 15.4 Å². The Labute approximate surface area is 214 Å². The zero-order valence-corrected chi connectivity index (χ0v) is 21.3. The topological polar surface area (TPSA) is 123 Å². The van der Waals surface area contributed by atoms with Crippen LogP contribution in [0.3, 0.4) is 0 Å². The molecule has 0 aliphatic carbocycles. The predicted molar refractivity (Wildman–Crippen MR) is 136 cm³/mol. The Morgan fingerprint density at radius 3 is 2.62 bits per heavy atom. The summed E-state index contributed by atoms with van der Waals surface area (Å²) in [5.74, 6) is -1.42. The van der Waals surface area contributed by atoms with Crippen LogP contribution in [0.5, 0.6) is 5.75 Å². The van der Waals surface area contributed by atoms with Gasteiger partial charge in [-0.25, -0.2) is 19.2 Å². The third kappa shape index (κ3) is 5.69. The highest BCUT2D eigenvalue weighted by atomic mass is 19.1. The van der Waals surface area contributed by atoms with Gasteiger partial charge >= 0.3 is 5.97 Å². The number of pyridine rings is 2. The molecule has 0 spiro atoms. The molecule has 0 radical (unpaired) electrons. The van der Waals surface area contributed by atoms with E-state index in [-0.39, 0.29) is 11.5 Å². The number of fused-ring (bicyclic) bond motifs is 1. The molecule has 1 aliphatic heterocycles. The number of nitrogens with one attached hydrogen (secondary N) is 2. The van der Waals surface area contributed by atoms with E-state index >= 15 is 0 Å². The number of ether oxygens (including phenoxy) is 2. The summed E-state index contributed by atoms with van der Waals surface area (Å²) in [7, 11) is 0. The molecular weight excluding hydrogens is 479 g/mol. The van der Waals surface area contributed by atoms with Gasteiger partial charge in [0.25, 0.3) is 5.91 Å². The normalized spacial score (nSPS) is 13.7. The molecule has 0 bridgehead atoms. The molecule has 1 aromatic carbocycles. The molecule has 3 heterocycles. The number of carbonyl (C=O) groups is 2. The summed E-state index contributed by atoms with van der Waals surface area (Å²) < 4.78 is 24.9. The predicted octanol–water partition coefficient (Wildman–Crippen LogP) is 4.90. The molecule has 10 heteroatoms. The number of rotatable bonds is 6. The van der Waals surface area contributed by atoms with Gasteiger partial charge in [-0.05, 0) is 75.6 Å². The first-order valence-corrected chi connectivity index (χ1v) is 11.8. The molecule has 1 aliphatic rings. The second-order valence-corrected chi connectivity index (χ2v) is 9.71. The number of halogens is 1. The number of carboxylic acids is 1. The van der Waals surface area contributed by atoms with Crippen molar-refractivity contribution in [2.45, 2.75) is 46.3 Å². The van der Waals surface area contributed by atoms with E-state index in [0.717, 1.165) is 11.9 Å². The third-order valence-electron chi connectivity index (χ3n) is 5.75. The molecule has 3 N–H and O–H groups in total. The number of nitrogens with zero attached hydrogens (tertiary/aromatic N) is 2. The molecule has 3 aromatic rings. The first-order chi connectivity index (χ1) is 17.4. The van der Waals surface area contributed by atoms with Gasteiger partial charge in [-0.3, -0.25) is 4.79 Å². The van der Waals surface area contributed by atoms with Gasteiger partial charge in [-0.15, -0.1) is 0 Å². The average Bonchev–Trinajstić information content (AvgIpc) is 2.84. The summed E-state index contributed by atoms with van der Waals surface area (Å²) in [5, 5.41) is 16.1. The molecule has 1 atom stereocenters. The van der Waals surface area contributed by atoms with Crippen molar-refractivity contribution in [2.24, 2.45) is 0 Å². The first kappa shape index (κ1) is 26.0. The molecular formula is C27H29FN4O5. The average molecular weight is 509 g/mol. The molecule has 0 unspecified atom stereocenters. The van der Waals surface area contributed by atoms with Crippen LogP contribution in [0.4, 0.5) is 15.9 Å². The van der Waals surface area contributed by atoms with Gasteiger partial charge in [-0.1, -0.05) is 6.07 Å². The fraction of sp³-hybridized carbons (Fsp3) is 0.333. The van der Waals surface area contributed by atoms with Gasteiger partial charge in [-0.2, -0.15) is 0 Å². The molecule has 0 fully saturated rings. The number of anilines is 2. The quantitative estimate of drug-likeness (QED) is 0.430. The number of amides is 1.